The first-order valence-electron chi connectivity index (χ1n) is 6.07. The highest BCUT2D eigenvalue weighted by Gasteiger charge is 2.10. The van der Waals surface area contributed by atoms with Gasteiger partial charge in [-0.2, -0.15) is 0 Å². The summed E-state index contributed by atoms with van der Waals surface area (Å²) in [6.45, 7) is 0.475. The van der Waals surface area contributed by atoms with Gasteiger partial charge in [0.15, 0.2) is 0 Å². The van der Waals surface area contributed by atoms with Gasteiger partial charge in [0.25, 0.3) is 5.91 Å². The average molecular weight is 310 g/mol. The third-order valence-corrected chi connectivity index (χ3v) is 3.30. The van der Waals surface area contributed by atoms with Crippen molar-refractivity contribution in [3.8, 4) is 5.75 Å². The maximum atomic E-state index is 11.9. The lowest BCUT2D eigenvalue weighted by molar-refractivity contribution is 0.0951. The van der Waals surface area contributed by atoms with Gasteiger partial charge in [-0.15, -0.1) is 0 Å². The summed E-state index contributed by atoms with van der Waals surface area (Å²) < 4.78 is 0. The van der Waals surface area contributed by atoms with Crippen LogP contribution < -0.4 is 5.32 Å². The molecule has 0 heterocycles. The first kappa shape index (κ1) is 14.7. The zero-order valence-corrected chi connectivity index (χ0v) is 12.1. The van der Waals surface area contributed by atoms with E-state index < -0.39 is 0 Å². The zero-order valence-electron chi connectivity index (χ0n) is 10.6. The number of carbonyl (C=O) groups is 1. The Hall–Kier alpha value is -1.71. The molecule has 104 valence electrons. The van der Waals surface area contributed by atoms with Crippen molar-refractivity contribution < 1.29 is 9.90 Å². The van der Waals surface area contributed by atoms with Gasteiger partial charge < -0.3 is 10.4 Å². The highest BCUT2D eigenvalue weighted by atomic mass is 35.5. The molecule has 3 nitrogen and oxygen atoms in total. The SMILES string of the molecule is O=C(NCCc1ccc(Cl)cc1)c1ccc(Cl)cc1O. The third kappa shape index (κ3) is 3.89. The van der Waals surface area contributed by atoms with E-state index in [4.69, 9.17) is 23.2 Å². The number of rotatable bonds is 4. The summed E-state index contributed by atoms with van der Waals surface area (Å²) in [6, 6.07) is 11.8. The Morgan fingerprint density at radius 2 is 1.70 bits per heavy atom. The van der Waals surface area contributed by atoms with E-state index in [0.29, 0.717) is 23.0 Å². The highest BCUT2D eigenvalue weighted by Crippen LogP contribution is 2.21. The van der Waals surface area contributed by atoms with Crippen LogP contribution in [0.4, 0.5) is 0 Å². The van der Waals surface area contributed by atoms with Crippen LogP contribution in [-0.2, 0) is 6.42 Å². The largest absolute Gasteiger partial charge is 0.507 e. The molecule has 0 aliphatic rings. The summed E-state index contributed by atoms with van der Waals surface area (Å²) in [5.41, 5.74) is 1.29. The van der Waals surface area contributed by atoms with Crippen molar-refractivity contribution in [1.29, 1.82) is 0 Å². The lowest BCUT2D eigenvalue weighted by Crippen LogP contribution is -2.25. The monoisotopic (exact) mass is 309 g/mol. The lowest BCUT2D eigenvalue weighted by atomic mass is 10.1. The van der Waals surface area contributed by atoms with Crippen LogP contribution in [0, 0.1) is 0 Å². The van der Waals surface area contributed by atoms with Gasteiger partial charge in [-0.25, -0.2) is 0 Å². The maximum Gasteiger partial charge on any atom is 0.255 e. The fraction of sp³-hybridized carbons (Fsp3) is 0.133. The Balaban J connectivity index is 1.90. The summed E-state index contributed by atoms with van der Waals surface area (Å²) in [5.74, 6) is -0.449. The van der Waals surface area contributed by atoms with E-state index >= 15 is 0 Å². The molecule has 0 bridgehead atoms. The highest BCUT2D eigenvalue weighted by molar-refractivity contribution is 6.31. The number of amides is 1. The first-order valence-corrected chi connectivity index (χ1v) is 6.83. The molecule has 0 radical (unpaired) electrons. The summed E-state index contributed by atoms with van der Waals surface area (Å²) in [7, 11) is 0. The number of hydrogen-bond donors (Lipinski definition) is 2. The van der Waals surface area contributed by atoms with Crippen molar-refractivity contribution in [2.45, 2.75) is 6.42 Å². The molecular weight excluding hydrogens is 297 g/mol. The molecule has 2 rings (SSSR count). The Morgan fingerprint density at radius 1 is 1.05 bits per heavy atom. The first-order chi connectivity index (χ1) is 9.56. The van der Waals surface area contributed by atoms with Crippen LogP contribution in [0.3, 0.4) is 0 Å². The Bertz CT molecular complexity index is 612. The lowest BCUT2D eigenvalue weighted by Gasteiger charge is -2.07. The molecule has 0 saturated carbocycles. The molecule has 5 heteroatoms. The second-order valence-corrected chi connectivity index (χ2v) is 5.17. The molecule has 0 aliphatic heterocycles. The summed E-state index contributed by atoms with van der Waals surface area (Å²) in [5, 5.41) is 13.5. The molecule has 2 aromatic rings. The summed E-state index contributed by atoms with van der Waals surface area (Å²) in [6.07, 6.45) is 0.692. The standard InChI is InChI=1S/C15H13Cl2NO2/c16-11-3-1-10(2-4-11)7-8-18-15(20)13-6-5-12(17)9-14(13)19/h1-6,9,19H,7-8H2,(H,18,20). The minimum absolute atomic E-state index is 0.124. The van der Waals surface area contributed by atoms with Crippen LogP contribution in [0.25, 0.3) is 0 Å². The number of benzene rings is 2. The quantitative estimate of drug-likeness (QED) is 0.905. The number of carbonyl (C=O) groups excluding carboxylic acids is 1. The van der Waals surface area contributed by atoms with Crippen LogP contribution in [0.15, 0.2) is 42.5 Å². The predicted octanol–water partition coefficient (Wildman–Crippen LogP) is 3.67. The molecule has 0 aliphatic carbocycles. The van der Waals surface area contributed by atoms with Gasteiger partial charge in [0.05, 0.1) is 5.56 Å². The van der Waals surface area contributed by atoms with E-state index in [1.165, 1.54) is 12.1 Å². The van der Waals surface area contributed by atoms with E-state index in [9.17, 15) is 9.90 Å². The van der Waals surface area contributed by atoms with Crippen LogP contribution >= 0.6 is 23.2 Å². The molecular formula is C15H13Cl2NO2. The second kappa shape index (κ2) is 6.64. The molecule has 0 atom stereocenters. The van der Waals surface area contributed by atoms with Gasteiger partial charge in [0.2, 0.25) is 0 Å². The average Bonchev–Trinajstić information content (AvgIpc) is 2.41. The van der Waals surface area contributed by atoms with Gasteiger partial charge in [0.1, 0.15) is 5.75 Å². The summed E-state index contributed by atoms with van der Waals surface area (Å²) in [4.78, 5) is 11.9. The molecule has 0 unspecified atom stereocenters. The number of hydrogen-bond acceptors (Lipinski definition) is 2. The Kier molecular flexibility index (Phi) is 4.88. The zero-order chi connectivity index (χ0) is 14.5. The van der Waals surface area contributed by atoms with Crippen molar-refractivity contribution in [2.75, 3.05) is 6.54 Å². The molecule has 0 spiro atoms. The van der Waals surface area contributed by atoms with E-state index in [2.05, 4.69) is 5.32 Å². The second-order valence-electron chi connectivity index (χ2n) is 4.29. The van der Waals surface area contributed by atoms with E-state index in [-0.39, 0.29) is 17.2 Å². The van der Waals surface area contributed by atoms with Gasteiger partial charge in [-0.05, 0) is 42.3 Å². The Labute approximate surface area is 127 Å². The van der Waals surface area contributed by atoms with Gasteiger partial charge in [0, 0.05) is 16.6 Å². The minimum Gasteiger partial charge on any atom is -0.507 e. The molecule has 2 aromatic carbocycles. The molecule has 0 fully saturated rings. The topological polar surface area (TPSA) is 49.3 Å². The van der Waals surface area contributed by atoms with Crippen molar-refractivity contribution in [3.63, 3.8) is 0 Å². The predicted molar refractivity (Wildman–Crippen MR) is 80.6 cm³/mol. The Morgan fingerprint density at radius 3 is 2.35 bits per heavy atom. The number of halogens is 2. The van der Waals surface area contributed by atoms with Crippen LogP contribution in [0.5, 0.6) is 5.75 Å². The number of phenols is 1. The molecule has 0 aromatic heterocycles. The number of nitrogens with one attached hydrogen (secondary N) is 1. The van der Waals surface area contributed by atoms with Gasteiger partial charge in [-0.1, -0.05) is 35.3 Å². The van der Waals surface area contributed by atoms with Crippen molar-refractivity contribution in [2.24, 2.45) is 0 Å². The molecule has 0 saturated heterocycles. The van der Waals surface area contributed by atoms with Crippen molar-refractivity contribution in [3.05, 3.63) is 63.6 Å². The van der Waals surface area contributed by atoms with Crippen LogP contribution in [0.1, 0.15) is 15.9 Å². The molecule has 2 N–H and O–H groups in total. The van der Waals surface area contributed by atoms with Crippen LogP contribution in [-0.4, -0.2) is 17.6 Å². The third-order valence-electron chi connectivity index (χ3n) is 2.82. The molecule has 1 amide bonds. The normalized spacial score (nSPS) is 10.3. The summed E-state index contributed by atoms with van der Waals surface area (Å²) >= 11 is 11.5. The fourth-order valence-corrected chi connectivity index (χ4v) is 2.06. The smallest absolute Gasteiger partial charge is 0.255 e. The van der Waals surface area contributed by atoms with Gasteiger partial charge >= 0.3 is 0 Å². The van der Waals surface area contributed by atoms with Gasteiger partial charge in [-0.3, -0.25) is 4.79 Å². The van der Waals surface area contributed by atoms with Crippen LogP contribution in [0.2, 0.25) is 10.0 Å². The molecule has 20 heavy (non-hydrogen) atoms. The fourth-order valence-electron chi connectivity index (χ4n) is 1.76. The van der Waals surface area contributed by atoms with E-state index in [0.717, 1.165) is 5.56 Å². The number of phenolic OH excluding ortho intramolecular Hbond substituents is 1. The number of aromatic hydroxyl groups is 1. The van der Waals surface area contributed by atoms with E-state index in [1.54, 1.807) is 6.07 Å². The van der Waals surface area contributed by atoms with Crippen molar-refractivity contribution in [1.82, 2.24) is 5.32 Å². The van der Waals surface area contributed by atoms with Crippen molar-refractivity contribution >= 4 is 29.1 Å². The van der Waals surface area contributed by atoms with E-state index in [1.807, 2.05) is 24.3 Å². The maximum absolute atomic E-state index is 11.9. The minimum atomic E-state index is -0.326.